The number of piperidine rings is 1. The summed E-state index contributed by atoms with van der Waals surface area (Å²) in [6, 6.07) is 8.40. The predicted molar refractivity (Wildman–Crippen MR) is 82.6 cm³/mol. The van der Waals surface area contributed by atoms with Gasteiger partial charge in [-0.25, -0.2) is 0 Å². The van der Waals surface area contributed by atoms with Gasteiger partial charge in [-0.1, -0.05) is 25.1 Å². The van der Waals surface area contributed by atoms with E-state index in [9.17, 15) is 4.79 Å². The second-order valence-corrected chi connectivity index (χ2v) is 5.91. The highest BCUT2D eigenvalue weighted by Crippen LogP contribution is 2.35. The minimum atomic E-state index is -0.0321. The second-order valence-electron chi connectivity index (χ2n) is 5.91. The van der Waals surface area contributed by atoms with Gasteiger partial charge in [0.1, 0.15) is 5.75 Å². The van der Waals surface area contributed by atoms with Gasteiger partial charge in [-0.2, -0.15) is 0 Å². The Bertz CT molecular complexity index is 501. The Morgan fingerprint density at radius 1 is 1.38 bits per heavy atom. The fourth-order valence-electron chi connectivity index (χ4n) is 3.45. The second kappa shape index (κ2) is 6.48. The minimum absolute atomic E-state index is 0.0321. The van der Waals surface area contributed by atoms with Crippen molar-refractivity contribution in [3.05, 3.63) is 29.8 Å². The lowest BCUT2D eigenvalue weighted by Gasteiger charge is -2.36. The molecule has 1 fully saturated rings. The molecule has 4 nitrogen and oxygen atoms in total. The number of hydrogen-bond acceptors (Lipinski definition) is 3. The largest absolute Gasteiger partial charge is 0.493 e. The summed E-state index contributed by atoms with van der Waals surface area (Å²) in [5.74, 6) is 1.12. The van der Waals surface area contributed by atoms with Crippen molar-refractivity contribution in [3.8, 4) is 5.75 Å². The number of para-hydroxylation sites is 1. The fourth-order valence-corrected chi connectivity index (χ4v) is 3.45. The minimum Gasteiger partial charge on any atom is -0.493 e. The highest BCUT2D eigenvalue weighted by atomic mass is 16.5. The number of hydrogen-bond donors (Lipinski definition) is 1. The number of likely N-dealkylation sites (tertiary alicyclic amines) is 1. The molecule has 4 heteroatoms. The van der Waals surface area contributed by atoms with E-state index in [1.54, 1.807) is 0 Å². The molecule has 2 atom stereocenters. The molecule has 1 amide bonds. The van der Waals surface area contributed by atoms with Crippen molar-refractivity contribution in [3.63, 3.8) is 0 Å². The lowest BCUT2D eigenvalue weighted by Crippen LogP contribution is -2.49. The summed E-state index contributed by atoms with van der Waals surface area (Å²) in [7, 11) is 0. The van der Waals surface area contributed by atoms with Crippen LogP contribution in [0, 0.1) is 0 Å². The Labute approximate surface area is 126 Å². The maximum absolute atomic E-state index is 12.9. The van der Waals surface area contributed by atoms with Crippen LogP contribution in [0.1, 0.15) is 37.7 Å². The van der Waals surface area contributed by atoms with Gasteiger partial charge in [0.15, 0.2) is 0 Å². The average molecular weight is 288 g/mol. The maximum atomic E-state index is 12.9. The molecule has 1 N–H and O–H groups in total. The van der Waals surface area contributed by atoms with Crippen LogP contribution in [0.15, 0.2) is 24.3 Å². The first-order chi connectivity index (χ1) is 10.3. The molecule has 0 spiro atoms. The molecule has 1 aromatic rings. The number of ether oxygens (including phenoxy) is 1. The molecular weight excluding hydrogens is 264 g/mol. The molecule has 3 rings (SSSR count). The summed E-state index contributed by atoms with van der Waals surface area (Å²) in [6.45, 7) is 5.45. The van der Waals surface area contributed by atoms with Crippen molar-refractivity contribution in [1.82, 2.24) is 10.2 Å². The topological polar surface area (TPSA) is 41.6 Å². The van der Waals surface area contributed by atoms with E-state index < -0.39 is 0 Å². The van der Waals surface area contributed by atoms with Gasteiger partial charge >= 0.3 is 0 Å². The van der Waals surface area contributed by atoms with Gasteiger partial charge in [0.05, 0.1) is 12.5 Å². The van der Waals surface area contributed by atoms with Crippen LogP contribution >= 0.6 is 0 Å². The summed E-state index contributed by atoms with van der Waals surface area (Å²) in [5.41, 5.74) is 1.05. The molecule has 0 radical (unpaired) electrons. The molecule has 0 aliphatic carbocycles. The van der Waals surface area contributed by atoms with E-state index in [0.717, 1.165) is 43.8 Å². The fraction of sp³-hybridized carbons (Fsp3) is 0.588. The molecule has 114 valence electrons. The predicted octanol–water partition coefficient (Wildman–Crippen LogP) is 2.15. The smallest absolute Gasteiger partial charge is 0.230 e. The quantitative estimate of drug-likeness (QED) is 0.926. The molecular formula is C17H24N2O2. The Kier molecular flexibility index (Phi) is 4.44. The lowest BCUT2D eigenvalue weighted by molar-refractivity contribution is -0.134. The molecule has 2 heterocycles. The number of amides is 1. The van der Waals surface area contributed by atoms with Crippen LogP contribution in [0.5, 0.6) is 5.75 Å². The number of rotatable bonds is 3. The number of carbonyl (C=O) groups is 1. The molecule has 0 saturated carbocycles. The van der Waals surface area contributed by atoms with E-state index in [2.05, 4.69) is 12.2 Å². The van der Waals surface area contributed by atoms with Crippen LogP contribution in [-0.4, -0.2) is 43.1 Å². The summed E-state index contributed by atoms with van der Waals surface area (Å²) >= 11 is 0. The van der Waals surface area contributed by atoms with Crippen LogP contribution in [0.3, 0.4) is 0 Å². The van der Waals surface area contributed by atoms with Crippen molar-refractivity contribution >= 4 is 5.91 Å². The first kappa shape index (κ1) is 14.4. The van der Waals surface area contributed by atoms with E-state index in [4.69, 9.17) is 4.74 Å². The zero-order valence-electron chi connectivity index (χ0n) is 12.7. The third-order valence-corrected chi connectivity index (χ3v) is 4.48. The molecule has 2 aliphatic rings. The highest BCUT2D eigenvalue weighted by molar-refractivity contribution is 5.85. The van der Waals surface area contributed by atoms with Crippen molar-refractivity contribution in [2.24, 2.45) is 0 Å². The van der Waals surface area contributed by atoms with E-state index >= 15 is 0 Å². The highest BCUT2D eigenvalue weighted by Gasteiger charge is 2.32. The van der Waals surface area contributed by atoms with Gasteiger partial charge < -0.3 is 15.0 Å². The number of carbonyl (C=O) groups excluding carboxylic acids is 1. The van der Waals surface area contributed by atoms with E-state index in [-0.39, 0.29) is 11.8 Å². The van der Waals surface area contributed by atoms with Crippen molar-refractivity contribution < 1.29 is 9.53 Å². The van der Waals surface area contributed by atoms with Gasteiger partial charge in [-0.15, -0.1) is 0 Å². The lowest BCUT2D eigenvalue weighted by atomic mass is 9.91. The molecule has 0 aromatic heterocycles. The molecule has 21 heavy (non-hydrogen) atoms. The van der Waals surface area contributed by atoms with Crippen LogP contribution in [-0.2, 0) is 4.79 Å². The summed E-state index contributed by atoms with van der Waals surface area (Å²) in [6.07, 6.45) is 3.05. The van der Waals surface area contributed by atoms with E-state index in [1.165, 1.54) is 6.42 Å². The Hall–Kier alpha value is -1.55. The first-order valence-electron chi connectivity index (χ1n) is 8.03. The van der Waals surface area contributed by atoms with Crippen LogP contribution in [0.25, 0.3) is 0 Å². The van der Waals surface area contributed by atoms with Gasteiger partial charge in [0.2, 0.25) is 5.91 Å². The monoisotopic (exact) mass is 288 g/mol. The maximum Gasteiger partial charge on any atom is 0.230 e. The van der Waals surface area contributed by atoms with Crippen LogP contribution in [0.2, 0.25) is 0 Å². The average Bonchev–Trinajstić information content (AvgIpc) is 2.54. The Morgan fingerprint density at radius 3 is 3.10 bits per heavy atom. The summed E-state index contributed by atoms with van der Waals surface area (Å²) in [4.78, 5) is 15.0. The third kappa shape index (κ3) is 3.05. The zero-order chi connectivity index (χ0) is 14.7. The van der Waals surface area contributed by atoms with Gasteiger partial charge in [0, 0.05) is 24.7 Å². The van der Waals surface area contributed by atoms with Gasteiger partial charge in [-0.05, 0) is 31.9 Å². The number of nitrogens with one attached hydrogen (secondary N) is 1. The molecule has 0 bridgehead atoms. The molecule has 1 aromatic carbocycles. The molecule has 1 saturated heterocycles. The number of likely N-dealkylation sites (N-methyl/N-ethyl adjacent to an activating group) is 1. The van der Waals surface area contributed by atoms with Crippen molar-refractivity contribution in [2.45, 2.75) is 38.1 Å². The number of nitrogens with zero attached hydrogens (tertiary/aromatic N) is 1. The zero-order valence-corrected chi connectivity index (χ0v) is 12.7. The summed E-state index contributed by atoms with van der Waals surface area (Å²) in [5, 5.41) is 3.47. The SMILES string of the molecule is CCNC1CCCN(C(=O)C2CCOc3ccccc32)C1. The molecule has 2 unspecified atom stereocenters. The van der Waals surface area contributed by atoms with Gasteiger partial charge in [-0.3, -0.25) is 4.79 Å². The van der Waals surface area contributed by atoms with Crippen LogP contribution in [0.4, 0.5) is 0 Å². The standard InChI is InChI=1S/C17H24N2O2/c1-2-18-13-6-5-10-19(12-13)17(20)15-9-11-21-16-8-4-3-7-14(15)16/h3-4,7-8,13,15,18H,2,5-6,9-12H2,1H3. The van der Waals surface area contributed by atoms with Gasteiger partial charge in [0.25, 0.3) is 0 Å². The van der Waals surface area contributed by atoms with Crippen molar-refractivity contribution in [2.75, 3.05) is 26.2 Å². The number of benzene rings is 1. The van der Waals surface area contributed by atoms with E-state index in [0.29, 0.717) is 12.6 Å². The first-order valence-corrected chi connectivity index (χ1v) is 8.03. The van der Waals surface area contributed by atoms with Crippen LogP contribution < -0.4 is 10.1 Å². The summed E-state index contributed by atoms with van der Waals surface area (Å²) < 4.78 is 5.67. The van der Waals surface area contributed by atoms with E-state index in [1.807, 2.05) is 29.2 Å². The number of fused-ring (bicyclic) bond motifs is 1. The third-order valence-electron chi connectivity index (χ3n) is 4.48. The molecule has 2 aliphatic heterocycles. The normalized spacial score (nSPS) is 25.1. The van der Waals surface area contributed by atoms with Crippen molar-refractivity contribution in [1.29, 1.82) is 0 Å². The Morgan fingerprint density at radius 2 is 2.24 bits per heavy atom. The Balaban J connectivity index is 1.74.